The van der Waals surface area contributed by atoms with Crippen molar-refractivity contribution in [2.24, 2.45) is 0 Å². The highest BCUT2D eigenvalue weighted by atomic mass is 79.9. The van der Waals surface area contributed by atoms with Crippen LogP contribution in [0.2, 0.25) is 0 Å². The molecule has 0 radical (unpaired) electrons. The fourth-order valence-corrected chi connectivity index (χ4v) is 5.78. The number of carbonyl (C=O) groups excluding carboxylic acids is 3. The third-order valence-electron chi connectivity index (χ3n) is 7.59. The molecular formula is C31H29BrFN7O3. The van der Waals surface area contributed by atoms with Gasteiger partial charge < -0.3 is 10.2 Å². The summed E-state index contributed by atoms with van der Waals surface area (Å²) < 4.78 is 18.5. The van der Waals surface area contributed by atoms with Crippen molar-refractivity contribution in [2.75, 3.05) is 11.9 Å². The molecule has 5 aromatic rings. The molecule has 12 heteroatoms. The molecule has 6 rings (SSSR count). The highest BCUT2D eigenvalue weighted by Gasteiger charge is 2.40. The molecule has 1 aliphatic heterocycles. The van der Waals surface area contributed by atoms with E-state index in [0.29, 0.717) is 16.6 Å². The van der Waals surface area contributed by atoms with Gasteiger partial charge in [-0.3, -0.25) is 19.1 Å². The van der Waals surface area contributed by atoms with E-state index in [4.69, 9.17) is 0 Å². The lowest BCUT2D eigenvalue weighted by atomic mass is 10.0. The van der Waals surface area contributed by atoms with E-state index in [1.807, 2.05) is 30.5 Å². The summed E-state index contributed by atoms with van der Waals surface area (Å²) >= 11 is 3.37. The molecule has 1 aliphatic rings. The van der Waals surface area contributed by atoms with E-state index in [1.54, 1.807) is 35.0 Å². The lowest BCUT2D eigenvalue weighted by Gasteiger charge is -2.23. The lowest BCUT2D eigenvalue weighted by molar-refractivity contribution is -0.137. The highest BCUT2D eigenvalue weighted by Crippen LogP contribution is 2.29. The van der Waals surface area contributed by atoms with Crippen molar-refractivity contribution in [3.8, 4) is 11.1 Å². The third-order valence-corrected chi connectivity index (χ3v) is 8.08. The van der Waals surface area contributed by atoms with E-state index in [9.17, 15) is 18.8 Å². The lowest BCUT2D eigenvalue weighted by Crippen LogP contribution is -2.44. The van der Waals surface area contributed by atoms with Crippen LogP contribution in [0.3, 0.4) is 0 Å². The zero-order valence-corrected chi connectivity index (χ0v) is 25.4. The number of fused-ring (bicyclic) bond motifs is 2. The number of anilines is 1. The number of halogens is 2. The number of nitrogens with one attached hydrogen (secondary N) is 1. The normalized spacial score (nSPS) is 16.8. The second kappa shape index (κ2) is 11.3. The first-order valence-corrected chi connectivity index (χ1v) is 14.7. The van der Waals surface area contributed by atoms with Crippen LogP contribution < -0.4 is 5.32 Å². The van der Waals surface area contributed by atoms with Gasteiger partial charge in [0, 0.05) is 52.9 Å². The van der Waals surface area contributed by atoms with Gasteiger partial charge in [-0.15, -0.1) is 0 Å². The Bertz CT molecular complexity index is 1900. The van der Waals surface area contributed by atoms with E-state index in [-0.39, 0.29) is 36.9 Å². The number of Topliss-reactive ketones (excluding diaryl/α,β-unsaturated/α-hetero) is 1. The molecule has 220 valence electrons. The summed E-state index contributed by atoms with van der Waals surface area (Å²) in [5.74, 6) is -0.922. The minimum absolute atomic E-state index is 0.0964. The van der Waals surface area contributed by atoms with Crippen LogP contribution in [0.25, 0.3) is 27.7 Å². The maximum absolute atomic E-state index is 14.5. The Hall–Kier alpha value is -4.45. The van der Waals surface area contributed by atoms with Crippen molar-refractivity contribution in [3.05, 3.63) is 76.8 Å². The van der Waals surface area contributed by atoms with Gasteiger partial charge >= 0.3 is 0 Å². The van der Waals surface area contributed by atoms with Crippen LogP contribution >= 0.6 is 15.9 Å². The number of likely N-dealkylation sites (tertiary alicyclic amines) is 1. The molecule has 10 nitrogen and oxygen atoms in total. The number of hydrogen-bond acceptors (Lipinski definition) is 6. The summed E-state index contributed by atoms with van der Waals surface area (Å²) in [6, 6.07) is 13.5. The maximum atomic E-state index is 14.5. The molecule has 0 unspecified atom stereocenters. The van der Waals surface area contributed by atoms with Gasteiger partial charge in [0.1, 0.15) is 24.5 Å². The first-order chi connectivity index (χ1) is 20.6. The quantitative estimate of drug-likeness (QED) is 0.237. The summed E-state index contributed by atoms with van der Waals surface area (Å²) in [6.45, 7) is 5.11. The number of benzene rings is 2. The SMILES string of the molecule is CC(=O)c1nn(CC(=O)N2C[C@H](F)C[C@H]2C(=O)Nc2cccc(Br)c2)c2ccc(-c3cnc4cc(C(C)C)nn4c3)cc12. The van der Waals surface area contributed by atoms with Crippen LogP contribution in [0, 0.1) is 0 Å². The average molecular weight is 647 g/mol. The minimum Gasteiger partial charge on any atom is -0.326 e. The van der Waals surface area contributed by atoms with Gasteiger partial charge in [0.05, 0.1) is 17.8 Å². The molecule has 0 saturated carbocycles. The van der Waals surface area contributed by atoms with Crippen LogP contribution in [0.4, 0.5) is 10.1 Å². The molecule has 0 spiro atoms. The van der Waals surface area contributed by atoms with Gasteiger partial charge in [-0.2, -0.15) is 10.2 Å². The molecular weight excluding hydrogens is 617 g/mol. The van der Waals surface area contributed by atoms with Gasteiger partial charge in [-0.05, 0) is 41.8 Å². The van der Waals surface area contributed by atoms with Gasteiger partial charge in [0.15, 0.2) is 11.4 Å². The largest absolute Gasteiger partial charge is 0.326 e. The standard InChI is InChI=1S/C31H29BrFN7O3/c1-17(2)25-12-28-34-13-20(14-40(28)36-25)19-7-8-26-24(9-19)30(18(3)41)37-39(26)16-29(42)38-15-22(33)11-27(38)31(43)35-23-6-4-5-21(32)10-23/h4-10,12-14,17,22,27H,11,15-16H2,1-3H3,(H,35,43)/t22-,27+/m1/s1. The summed E-state index contributed by atoms with van der Waals surface area (Å²) in [7, 11) is 0. The van der Waals surface area contributed by atoms with Crippen molar-refractivity contribution in [1.82, 2.24) is 29.3 Å². The third kappa shape index (κ3) is 5.66. The maximum Gasteiger partial charge on any atom is 0.247 e. The molecule has 2 amide bonds. The van der Waals surface area contributed by atoms with E-state index in [0.717, 1.165) is 26.9 Å². The number of rotatable bonds is 7. The summed E-state index contributed by atoms with van der Waals surface area (Å²) in [5, 5.41) is 12.4. The molecule has 43 heavy (non-hydrogen) atoms. The zero-order chi connectivity index (χ0) is 30.4. The van der Waals surface area contributed by atoms with Crippen molar-refractivity contribution in [2.45, 2.75) is 51.9 Å². The van der Waals surface area contributed by atoms with E-state index in [2.05, 4.69) is 50.3 Å². The first kappa shape index (κ1) is 28.7. The van der Waals surface area contributed by atoms with Gasteiger partial charge in [0.2, 0.25) is 11.8 Å². The minimum atomic E-state index is -1.33. The van der Waals surface area contributed by atoms with Gasteiger partial charge in [0.25, 0.3) is 0 Å². The Kier molecular flexibility index (Phi) is 7.55. The Morgan fingerprint density at radius 1 is 1.09 bits per heavy atom. The topological polar surface area (TPSA) is 114 Å². The van der Waals surface area contributed by atoms with Crippen LogP contribution in [0.1, 0.15) is 49.3 Å². The van der Waals surface area contributed by atoms with Crippen molar-refractivity contribution in [3.63, 3.8) is 0 Å². The molecule has 1 fully saturated rings. The predicted octanol–water partition coefficient (Wildman–Crippen LogP) is 5.41. The molecule has 4 heterocycles. The number of nitrogens with zero attached hydrogens (tertiary/aromatic N) is 6. The molecule has 0 bridgehead atoms. The average Bonchev–Trinajstić information content (AvgIpc) is 3.67. The number of carbonyl (C=O) groups is 3. The second-order valence-corrected chi connectivity index (χ2v) is 12.0. The fraction of sp³-hybridized carbons (Fsp3) is 0.290. The Labute approximate surface area is 255 Å². The number of ketones is 1. The van der Waals surface area contributed by atoms with E-state index < -0.39 is 24.0 Å². The molecule has 2 atom stereocenters. The summed E-state index contributed by atoms with van der Waals surface area (Å²) in [5.41, 5.74) is 4.62. The van der Waals surface area contributed by atoms with E-state index in [1.165, 1.54) is 16.5 Å². The fourth-order valence-electron chi connectivity index (χ4n) is 5.39. The molecule has 1 saturated heterocycles. The molecule has 1 N–H and O–H groups in total. The number of alkyl halides is 1. The second-order valence-electron chi connectivity index (χ2n) is 11.1. The van der Waals surface area contributed by atoms with E-state index >= 15 is 0 Å². The molecule has 0 aliphatic carbocycles. The summed E-state index contributed by atoms with van der Waals surface area (Å²) in [6.07, 6.45) is 2.21. The van der Waals surface area contributed by atoms with Crippen LogP contribution in [0.5, 0.6) is 0 Å². The number of aromatic nitrogens is 5. The van der Waals surface area contributed by atoms with Crippen molar-refractivity contribution >= 4 is 55.8 Å². The number of amides is 2. The van der Waals surface area contributed by atoms with Gasteiger partial charge in [-0.25, -0.2) is 13.9 Å². The first-order valence-electron chi connectivity index (χ1n) is 13.9. The Morgan fingerprint density at radius 3 is 2.65 bits per heavy atom. The number of hydrogen-bond donors (Lipinski definition) is 1. The predicted molar refractivity (Wildman–Crippen MR) is 164 cm³/mol. The Morgan fingerprint density at radius 2 is 1.91 bits per heavy atom. The van der Waals surface area contributed by atoms with Crippen molar-refractivity contribution in [1.29, 1.82) is 0 Å². The summed E-state index contributed by atoms with van der Waals surface area (Å²) in [4.78, 5) is 44.9. The van der Waals surface area contributed by atoms with Gasteiger partial charge in [-0.1, -0.05) is 41.9 Å². The van der Waals surface area contributed by atoms with Crippen LogP contribution in [0.15, 0.2) is 65.4 Å². The van der Waals surface area contributed by atoms with Crippen molar-refractivity contribution < 1.29 is 18.8 Å². The monoisotopic (exact) mass is 645 g/mol. The van der Waals surface area contributed by atoms with Crippen LogP contribution in [-0.2, 0) is 16.1 Å². The zero-order valence-electron chi connectivity index (χ0n) is 23.8. The molecule has 2 aromatic carbocycles. The molecule has 3 aromatic heterocycles. The highest BCUT2D eigenvalue weighted by molar-refractivity contribution is 9.10. The smallest absolute Gasteiger partial charge is 0.247 e. The van der Waals surface area contributed by atoms with Crippen LogP contribution in [-0.4, -0.2) is 65.6 Å². The Balaban J connectivity index is 1.27.